The minimum atomic E-state index is -0.122. The molecule has 0 saturated carbocycles. The molecule has 5 heterocycles. The third-order valence-corrected chi connectivity index (χ3v) is 7.14. The smallest absolute Gasteiger partial charge is 0.252 e. The van der Waals surface area contributed by atoms with E-state index in [-0.39, 0.29) is 5.91 Å². The van der Waals surface area contributed by atoms with Gasteiger partial charge >= 0.3 is 0 Å². The number of carbonyl (C=O) groups excluding carboxylic acids is 1. The number of benzene rings is 1. The zero-order valence-corrected chi connectivity index (χ0v) is 20.1. The van der Waals surface area contributed by atoms with E-state index in [9.17, 15) is 4.79 Å². The highest BCUT2D eigenvalue weighted by Crippen LogP contribution is 2.37. The second-order valence-corrected chi connectivity index (χ2v) is 9.48. The van der Waals surface area contributed by atoms with E-state index < -0.39 is 0 Å². The summed E-state index contributed by atoms with van der Waals surface area (Å²) in [6.07, 6.45) is 11.6. The molecule has 0 atom stereocenters. The molecule has 0 saturated heterocycles. The number of fused-ring (bicyclic) bond motifs is 2. The van der Waals surface area contributed by atoms with Crippen LogP contribution < -0.4 is 10.6 Å². The van der Waals surface area contributed by atoms with E-state index in [2.05, 4.69) is 54.8 Å². The first-order chi connectivity index (χ1) is 17.7. The van der Waals surface area contributed by atoms with Gasteiger partial charge in [0.05, 0.1) is 38.4 Å². The summed E-state index contributed by atoms with van der Waals surface area (Å²) in [6, 6.07) is 16.0. The molecule has 1 amide bonds. The average Bonchev–Trinajstić information content (AvgIpc) is 3.67. The minimum absolute atomic E-state index is 0.122. The average molecular weight is 494 g/mol. The van der Waals surface area contributed by atoms with Gasteiger partial charge in [0.15, 0.2) is 0 Å². The van der Waals surface area contributed by atoms with Crippen molar-refractivity contribution in [2.75, 3.05) is 11.9 Å². The summed E-state index contributed by atoms with van der Waals surface area (Å²) in [4.78, 5) is 29.8. The van der Waals surface area contributed by atoms with Gasteiger partial charge in [0.25, 0.3) is 5.91 Å². The number of aryl methyl sites for hydroxylation is 1. The number of anilines is 2. The van der Waals surface area contributed by atoms with Crippen LogP contribution in [-0.4, -0.2) is 37.0 Å². The summed E-state index contributed by atoms with van der Waals surface area (Å²) in [7, 11) is 0. The number of nitrogens with one attached hydrogen (secondary N) is 3. The van der Waals surface area contributed by atoms with Gasteiger partial charge in [-0.25, -0.2) is 4.98 Å². The Labute approximate surface area is 211 Å². The van der Waals surface area contributed by atoms with Crippen molar-refractivity contribution in [3.8, 4) is 10.6 Å². The van der Waals surface area contributed by atoms with Crippen LogP contribution in [0.5, 0.6) is 0 Å². The number of pyridine rings is 2. The Balaban J connectivity index is 1.15. The maximum absolute atomic E-state index is 12.5. The van der Waals surface area contributed by atoms with Gasteiger partial charge in [-0.05, 0) is 55.0 Å². The van der Waals surface area contributed by atoms with E-state index >= 15 is 0 Å². The third kappa shape index (κ3) is 4.56. The van der Waals surface area contributed by atoms with Gasteiger partial charge in [0.2, 0.25) is 0 Å². The van der Waals surface area contributed by atoms with Crippen molar-refractivity contribution in [3.05, 3.63) is 91.4 Å². The fraction of sp³-hybridized carbons (Fsp3) is 0.111. The van der Waals surface area contributed by atoms with Crippen LogP contribution in [0.2, 0.25) is 0 Å². The monoisotopic (exact) mass is 493 g/mol. The molecule has 0 aliphatic heterocycles. The minimum Gasteiger partial charge on any atom is -0.361 e. The van der Waals surface area contributed by atoms with Gasteiger partial charge in [0, 0.05) is 60.7 Å². The highest BCUT2D eigenvalue weighted by atomic mass is 32.1. The Hall–Kier alpha value is -4.50. The zero-order valence-electron chi connectivity index (χ0n) is 19.3. The van der Waals surface area contributed by atoms with Crippen LogP contribution in [-0.2, 0) is 6.54 Å². The molecular formula is C27H23N7OS. The number of thiophene rings is 1. The standard InChI is InChI=1S/C27H23N7OS/c35-27(31-8-1-12-34-13-11-28-17-34)19-2-4-22(32-16-19)25-15-24-26(36-25)23(7-10-30-24)33-20-3-5-21-18(14-20)6-9-29-21/h2-7,9-11,13-17,29H,1,8,12H2,(H,30,33)(H,31,35). The lowest BCUT2D eigenvalue weighted by atomic mass is 10.2. The normalized spacial score (nSPS) is 11.2. The number of hydrogen-bond acceptors (Lipinski definition) is 6. The fourth-order valence-electron chi connectivity index (χ4n) is 4.11. The molecule has 0 aliphatic rings. The lowest BCUT2D eigenvalue weighted by molar-refractivity contribution is 0.0952. The van der Waals surface area contributed by atoms with Crippen molar-refractivity contribution in [1.82, 2.24) is 29.8 Å². The van der Waals surface area contributed by atoms with Gasteiger partial charge in [-0.2, -0.15) is 0 Å². The molecule has 6 rings (SSSR count). The summed E-state index contributed by atoms with van der Waals surface area (Å²) in [5.41, 5.74) is 5.39. The van der Waals surface area contributed by atoms with Crippen molar-refractivity contribution in [2.24, 2.45) is 0 Å². The van der Waals surface area contributed by atoms with Crippen molar-refractivity contribution >= 4 is 49.7 Å². The number of rotatable bonds is 8. The molecule has 1 aromatic carbocycles. The highest BCUT2D eigenvalue weighted by molar-refractivity contribution is 7.22. The molecule has 6 aromatic rings. The van der Waals surface area contributed by atoms with Gasteiger partial charge in [0.1, 0.15) is 0 Å². The molecule has 0 fully saturated rings. The first kappa shape index (κ1) is 22.0. The lowest BCUT2D eigenvalue weighted by Crippen LogP contribution is -2.25. The second kappa shape index (κ2) is 9.63. The van der Waals surface area contributed by atoms with Crippen molar-refractivity contribution in [2.45, 2.75) is 13.0 Å². The summed E-state index contributed by atoms with van der Waals surface area (Å²) in [5, 5.41) is 7.64. The van der Waals surface area contributed by atoms with Crippen LogP contribution in [0, 0.1) is 0 Å². The van der Waals surface area contributed by atoms with E-state index in [0.717, 1.165) is 56.0 Å². The second-order valence-electron chi connectivity index (χ2n) is 8.43. The van der Waals surface area contributed by atoms with Gasteiger partial charge in [-0.3, -0.25) is 14.8 Å². The van der Waals surface area contributed by atoms with E-state index in [1.54, 1.807) is 30.1 Å². The SMILES string of the molecule is O=C(NCCCn1ccnc1)c1ccc(-c2cc3nccc(Nc4ccc5[nH]ccc5c4)c3s2)nc1. The predicted octanol–water partition coefficient (Wildman–Crippen LogP) is 5.60. The number of aromatic amines is 1. The first-order valence-electron chi connectivity index (χ1n) is 11.7. The Morgan fingerprint density at radius 1 is 1.06 bits per heavy atom. The topological polar surface area (TPSA) is 101 Å². The molecule has 0 aliphatic carbocycles. The van der Waals surface area contributed by atoms with Crippen LogP contribution in [0.4, 0.5) is 11.4 Å². The largest absolute Gasteiger partial charge is 0.361 e. The van der Waals surface area contributed by atoms with E-state index in [1.807, 2.05) is 47.4 Å². The molecule has 178 valence electrons. The zero-order chi connectivity index (χ0) is 24.3. The maximum atomic E-state index is 12.5. The summed E-state index contributed by atoms with van der Waals surface area (Å²) in [5.74, 6) is -0.122. The van der Waals surface area contributed by atoms with E-state index in [0.29, 0.717) is 12.1 Å². The number of amides is 1. The van der Waals surface area contributed by atoms with Crippen molar-refractivity contribution in [3.63, 3.8) is 0 Å². The number of nitrogens with zero attached hydrogens (tertiary/aromatic N) is 4. The van der Waals surface area contributed by atoms with Crippen LogP contribution in [0.15, 0.2) is 85.8 Å². The summed E-state index contributed by atoms with van der Waals surface area (Å²) >= 11 is 1.63. The molecule has 9 heteroatoms. The first-order valence-corrected chi connectivity index (χ1v) is 12.5. The van der Waals surface area contributed by atoms with Crippen molar-refractivity contribution < 1.29 is 4.79 Å². The molecule has 8 nitrogen and oxygen atoms in total. The molecular weight excluding hydrogens is 470 g/mol. The van der Waals surface area contributed by atoms with Crippen LogP contribution in [0.1, 0.15) is 16.8 Å². The highest BCUT2D eigenvalue weighted by Gasteiger charge is 2.12. The molecule has 0 radical (unpaired) electrons. The van der Waals surface area contributed by atoms with Crippen molar-refractivity contribution in [1.29, 1.82) is 0 Å². The van der Waals surface area contributed by atoms with Gasteiger partial charge in [-0.1, -0.05) is 0 Å². The molecule has 5 aromatic heterocycles. The Morgan fingerprint density at radius 3 is 2.89 bits per heavy atom. The maximum Gasteiger partial charge on any atom is 0.252 e. The fourth-order valence-corrected chi connectivity index (χ4v) is 5.17. The predicted molar refractivity (Wildman–Crippen MR) is 144 cm³/mol. The number of H-pyrrole nitrogens is 1. The molecule has 3 N–H and O–H groups in total. The Kier molecular flexibility index (Phi) is 5.88. The number of carbonyl (C=O) groups is 1. The molecule has 0 spiro atoms. The van der Waals surface area contributed by atoms with Gasteiger partial charge < -0.3 is 20.2 Å². The van der Waals surface area contributed by atoms with Gasteiger partial charge in [-0.15, -0.1) is 11.3 Å². The molecule has 36 heavy (non-hydrogen) atoms. The number of hydrogen-bond donors (Lipinski definition) is 3. The number of aromatic nitrogens is 5. The van der Waals surface area contributed by atoms with E-state index in [1.165, 1.54) is 0 Å². The van der Waals surface area contributed by atoms with Crippen LogP contribution >= 0.6 is 11.3 Å². The quantitative estimate of drug-likeness (QED) is 0.240. The Morgan fingerprint density at radius 2 is 2.03 bits per heavy atom. The third-order valence-electron chi connectivity index (χ3n) is 5.96. The summed E-state index contributed by atoms with van der Waals surface area (Å²) < 4.78 is 3.05. The molecule has 0 bridgehead atoms. The lowest BCUT2D eigenvalue weighted by Gasteiger charge is -2.07. The van der Waals surface area contributed by atoms with Crippen LogP contribution in [0.25, 0.3) is 31.7 Å². The summed E-state index contributed by atoms with van der Waals surface area (Å²) in [6.45, 7) is 1.41. The van der Waals surface area contributed by atoms with E-state index in [4.69, 9.17) is 0 Å². The molecule has 0 unspecified atom stereocenters. The Bertz CT molecular complexity index is 1630. The van der Waals surface area contributed by atoms with Crippen LogP contribution in [0.3, 0.4) is 0 Å². The number of imidazole rings is 1.